The molecule has 0 aliphatic rings. The van der Waals surface area contributed by atoms with E-state index in [0.717, 1.165) is 102 Å². The number of aliphatic hydroxyl groups is 1. The molecule has 95 heavy (non-hydrogen) atoms. The molecular weight excluding hydrogens is 1250 g/mol. The van der Waals surface area contributed by atoms with Crippen LogP contribution in [0.3, 0.4) is 0 Å². The molecule has 3 N–H and O–H groups in total. The van der Waals surface area contributed by atoms with Gasteiger partial charge in [0.15, 0.2) is 12.2 Å². The van der Waals surface area contributed by atoms with Crippen molar-refractivity contribution in [3.8, 4) is 0 Å². The van der Waals surface area contributed by atoms with Gasteiger partial charge in [0.05, 0.1) is 26.4 Å². The number of phosphoric ester groups is 2. The van der Waals surface area contributed by atoms with Crippen molar-refractivity contribution in [2.24, 2.45) is 11.8 Å². The van der Waals surface area contributed by atoms with E-state index in [1.807, 2.05) is 0 Å². The maximum absolute atomic E-state index is 13.1. The highest BCUT2D eigenvalue weighted by atomic mass is 31.2. The van der Waals surface area contributed by atoms with Gasteiger partial charge in [-0.3, -0.25) is 37.3 Å². The van der Waals surface area contributed by atoms with Gasteiger partial charge in [-0.25, -0.2) is 9.13 Å². The second-order valence-electron chi connectivity index (χ2n) is 28.1. The van der Waals surface area contributed by atoms with E-state index in [1.165, 1.54) is 212 Å². The largest absolute Gasteiger partial charge is 0.472 e. The molecule has 19 heteroatoms. The Hall–Kier alpha value is -1.94. The lowest BCUT2D eigenvalue weighted by Crippen LogP contribution is -2.30. The van der Waals surface area contributed by atoms with Crippen LogP contribution in [0.5, 0.6) is 0 Å². The Balaban J connectivity index is 5.17. The molecule has 6 atom stereocenters. The summed E-state index contributed by atoms with van der Waals surface area (Å²) in [5.41, 5.74) is 0. The SMILES string of the molecule is CCCCCCCCCCCCCCCCCCCCCCCCC(=O)O[C@H](COC(=O)CCCCCCCCCCC(C)CC)COP(=O)(O)OC[C@@H](O)COP(=O)(O)OC[C@@H](COC(=O)CCCCCCCCCCCC)OC(=O)CCCCCCCCCCC(C)C. The molecule has 0 fully saturated rings. The molecule has 0 aromatic carbocycles. The Morgan fingerprint density at radius 3 is 0.800 bits per heavy atom. The fourth-order valence-corrected chi connectivity index (χ4v) is 13.2. The Bertz CT molecular complexity index is 1840. The summed E-state index contributed by atoms with van der Waals surface area (Å²) in [6.07, 6.45) is 55.7. The molecule has 0 spiro atoms. The molecule has 0 bridgehead atoms. The molecule has 0 aromatic rings. The van der Waals surface area contributed by atoms with Crippen LogP contribution >= 0.6 is 15.6 Å². The second-order valence-corrected chi connectivity index (χ2v) is 31.0. The molecule has 0 heterocycles. The molecule has 0 aliphatic carbocycles. The monoisotopic (exact) mass is 1400 g/mol. The van der Waals surface area contributed by atoms with Crippen LogP contribution in [0.15, 0.2) is 0 Å². The van der Waals surface area contributed by atoms with E-state index in [-0.39, 0.29) is 25.7 Å². The number of carbonyl (C=O) groups is 4. The van der Waals surface area contributed by atoms with Crippen LogP contribution in [0, 0.1) is 11.8 Å². The van der Waals surface area contributed by atoms with Crippen LogP contribution < -0.4 is 0 Å². The van der Waals surface area contributed by atoms with E-state index in [4.69, 9.17) is 37.0 Å². The van der Waals surface area contributed by atoms with Gasteiger partial charge in [-0.2, -0.15) is 0 Å². The summed E-state index contributed by atoms with van der Waals surface area (Å²) < 4.78 is 68.4. The zero-order chi connectivity index (χ0) is 70.0. The van der Waals surface area contributed by atoms with Crippen LogP contribution in [0.25, 0.3) is 0 Å². The van der Waals surface area contributed by atoms with E-state index in [9.17, 15) is 43.2 Å². The minimum absolute atomic E-state index is 0.105. The summed E-state index contributed by atoms with van der Waals surface area (Å²) in [6.45, 7) is 9.54. The van der Waals surface area contributed by atoms with Gasteiger partial charge in [-0.1, -0.05) is 343 Å². The topological polar surface area (TPSA) is 237 Å². The minimum atomic E-state index is -4.96. The van der Waals surface area contributed by atoms with Crippen LogP contribution in [0.2, 0.25) is 0 Å². The molecule has 3 unspecified atom stereocenters. The standard InChI is InChI=1S/C76H148O17P2/c1-7-10-12-14-16-18-20-21-22-23-24-25-26-27-28-29-30-31-33-42-48-54-60-75(80)92-71(65-87-74(79)59-53-47-41-37-35-39-45-51-57-69(6)9-3)66-90-94(82,83)88-62-70(77)63-89-95(84,85)91-67-72(64-86-73(78)58-52-46-40-32-19-17-15-13-11-8-2)93-76(81)61-55-49-43-36-34-38-44-50-56-68(4)5/h68-72,77H,7-67H2,1-6H3,(H,82,83)(H,84,85)/t69?,70-,71-,72-/m1/s1. The molecule has 564 valence electrons. The summed E-state index contributed by atoms with van der Waals surface area (Å²) in [6, 6.07) is 0. The van der Waals surface area contributed by atoms with Crippen molar-refractivity contribution >= 4 is 39.5 Å². The number of hydrogen-bond acceptors (Lipinski definition) is 15. The molecule has 0 amide bonds. The number of ether oxygens (including phenoxy) is 4. The van der Waals surface area contributed by atoms with Crippen LogP contribution in [0.4, 0.5) is 0 Å². The zero-order valence-corrected chi connectivity index (χ0v) is 63.8. The van der Waals surface area contributed by atoms with Crippen molar-refractivity contribution < 1.29 is 80.2 Å². The van der Waals surface area contributed by atoms with E-state index >= 15 is 0 Å². The van der Waals surface area contributed by atoms with Crippen LogP contribution in [-0.2, 0) is 65.4 Å². The maximum atomic E-state index is 13.1. The fourth-order valence-electron chi connectivity index (χ4n) is 11.6. The van der Waals surface area contributed by atoms with Gasteiger partial charge < -0.3 is 33.8 Å². The van der Waals surface area contributed by atoms with Gasteiger partial charge in [0.1, 0.15) is 19.3 Å². The third-order valence-electron chi connectivity index (χ3n) is 18.1. The Labute approximate surface area is 581 Å². The summed E-state index contributed by atoms with van der Waals surface area (Å²) >= 11 is 0. The average molecular weight is 1400 g/mol. The van der Waals surface area contributed by atoms with Crippen molar-refractivity contribution in [3.05, 3.63) is 0 Å². The Kier molecular flexibility index (Phi) is 66.5. The molecule has 0 saturated heterocycles. The first-order chi connectivity index (χ1) is 45.9. The molecule has 0 radical (unpaired) electrons. The number of carbonyl (C=O) groups excluding carboxylic acids is 4. The van der Waals surface area contributed by atoms with Crippen LogP contribution in [-0.4, -0.2) is 96.7 Å². The number of aliphatic hydroxyl groups excluding tert-OH is 1. The number of unbranched alkanes of at least 4 members (excludes halogenated alkanes) is 44. The molecule has 0 saturated carbocycles. The summed E-state index contributed by atoms with van der Waals surface area (Å²) in [5, 5.41) is 10.6. The first kappa shape index (κ1) is 93.1. The van der Waals surface area contributed by atoms with E-state index in [0.29, 0.717) is 25.7 Å². The highest BCUT2D eigenvalue weighted by Gasteiger charge is 2.30. The Morgan fingerprint density at radius 1 is 0.305 bits per heavy atom. The average Bonchev–Trinajstić information content (AvgIpc) is 1.47. The summed E-state index contributed by atoms with van der Waals surface area (Å²) in [5.74, 6) is -0.624. The van der Waals surface area contributed by atoms with E-state index in [2.05, 4.69) is 41.5 Å². The number of esters is 4. The van der Waals surface area contributed by atoms with Crippen molar-refractivity contribution in [2.75, 3.05) is 39.6 Å². The van der Waals surface area contributed by atoms with Gasteiger partial charge >= 0.3 is 39.5 Å². The van der Waals surface area contributed by atoms with Crippen molar-refractivity contribution in [1.29, 1.82) is 0 Å². The summed E-state index contributed by atoms with van der Waals surface area (Å²) in [7, 11) is -9.91. The highest BCUT2D eigenvalue weighted by molar-refractivity contribution is 7.47. The van der Waals surface area contributed by atoms with Gasteiger partial charge in [0.25, 0.3) is 0 Å². The number of rotatable bonds is 75. The summed E-state index contributed by atoms with van der Waals surface area (Å²) in [4.78, 5) is 72.7. The van der Waals surface area contributed by atoms with Gasteiger partial charge in [-0.15, -0.1) is 0 Å². The maximum Gasteiger partial charge on any atom is 0.472 e. The second kappa shape index (κ2) is 67.9. The highest BCUT2D eigenvalue weighted by Crippen LogP contribution is 2.45. The molecule has 0 aliphatic heterocycles. The van der Waals surface area contributed by atoms with E-state index in [1.54, 1.807) is 0 Å². The zero-order valence-electron chi connectivity index (χ0n) is 62.0. The molecular formula is C76H148O17P2. The lowest BCUT2D eigenvalue weighted by atomic mass is 9.99. The Morgan fingerprint density at radius 2 is 0.537 bits per heavy atom. The number of phosphoric acid groups is 2. The van der Waals surface area contributed by atoms with E-state index < -0.39 is 97.5 Å². The van der Waals surface area contributed by atoms with Gasteiger partial charge in [0, 0.05) is 25.7 Å². The minimum Gasteiger partial charge on any atom is -0.462 e. The lowest BCUT2D eigenvalue weighted by molar-refractivity contribution is -0.161. The molecule has 0 rings (SSSR count). The predicted octanol–water partition coefficient (Wildman–Crippen LogP) is 22.3. The molecule has 0 aromatic heterocycles. The van der Waals surface area contributed by atoms with Gasteiger partial charge in [0.2, 0.25) is 0 Å². The third-order valence-corrected chi connectivity index (χ3v) is 20.0. The third kappa shape index (κ3) is 69.0. The van der Waals surface area contributed by atoms with Crippen molar-refractivity contribution in [2.45, 2.75) is 413 Å². The van der Waals surface area contributed by atoms with Crippen molar-refractivity contribution in [3.63, 3.8) is 0 Å². The predicted molar refractivity (Wildman–Crippen MR) is 386 cm³/mol. The lowest BCUT2D eigenvalue weighted by Gasteiger charge is -2.21. The first-order valence-electron chi connectivity index (χ1n) is 39.5. The van der Waals surface area contributed by atoms with Crippen molar-refractivity contribution in [1.82, 2.24) is 0 Å². The number of hydrogen-bond donors (Lipinski definition) is 3. The van der Waals surface area contributed by atoms with Gasteiger partial charge in [-0.05, 0) is 37.5 Å². The quantitative estimate of drug-likeness (QED) is 0.0222. The smallest absolute Gasteiger partial charge is 0.462 e. The molecule has 17 nitrogen and oxygen atoms in total. The normalized spacial score (nSPS) is 14.3. The fraction of sp³-hybridized carbons (Fsp3) is 0.947. The first-order valence-corrected chi connectivity index (χ1v) is 42.5. The van der Waals surface area contributed by atoms with Crippen LogP contribution in [0.1, 0.15) is 395 Å².